The summed E-state index contributed by atoms with van der Waals surface area (Å²) < 4.78 is 5.02. The minimum atomic E-state index is 0.719. The predicted molar refractivity (Wildman–Crippen MR) is 50.6 cm³/mol. The van der Waals surface area contributed by atoms with Gasteiger partial charge in [-0.25, -0.2) is 0 Å². The van der Waals surface area contributed by atoms with Crippen molar-refractivity contribution >= 4 is 0 Å². The van der Waals surface area contributed by atoms with Gasteiger partial charge in [0.05, 0.1) is 6.26 Å². The highest BCUT2D eigenvalue weighted by molar-refractivity contribution is 5.18. The highest BCUT2D eigenvalue weighted by Crippen LogP contribution is 2.06. The van der Waals surface area contributed by atoms with Crippen molar-refractivity contribution in [2.75, 3.05) is 0 Å². The molecule has 0 saturated carbocycles. The zero-order valence-corrected chi connectivity index (χ0v) is 6.99. The van der Waals surface area contributed by atoms with Crippen LogP contribution in [0.1, 0.15) is 5.56 Å². The second kappa shape index (κ2) is 4.39. The average Bonchev–Trinajstić information content (AvgIpc) is 2.06. The Labute approximate surface area is 73.0 Å². The molecule has 12 heavy (non-hydrogen) atoms. The molecule has 1 nitrogen and oxygen atoms in total. The fourth-order valence-corrected chi connectivity index (χ4v) is 0.983. The van der Waals surface area contributed by atoms with Crippen molar-refractivity contribution in [2.24, 2.45) is 0 Å². The lowest BCUT2D eigenvalue weighted by molar-refractivity contribution is 0.345. The van der Waals surface area contributed by atoms with E-state index < -0.39 is 0 Å². The summed E-state index contributed by atoms with van der Waals surface area (Å²) in [5.74, 6) is 0.719. The molecule has 0 saturated heterocycles. The molecule has 0 unspecified atom stereocenters. The molecule has 0 aliphatic carbocycles. The Bertz CT molecular complexity index is 262. The van der Waals surface area contributed by atoms with Gasteiger partial charge in [-0.1, -0.05) is 43.5 Å². The summed E-state index contributed by atoms with van der Waals surface area (Å²) >= 11 is 0. The first-order valence-corrected chi connectivity index (χ1v) is 3.82. The molecular weight excluding hydrogens is 148 g/mol. The topological polar surface area (TPSA) is 9.23 Å². The van der Waals surface area contributed by atoms with Crippen molar-refractivity contribution < 1.29 is 4.74 Å². The number of hydrogen-bond donors (Lipinski definition) is 0. The third-order valence-corrected chi connectivity index (χ3v) is 1.49. The standard InChI is InChI=1S/C11H12O/c1-3-12-10(2)9-11-7-5-4-6-8-11/h3-8H,1-2,9H2. The molecular formula is C11H12O. The lowest BCUT2D eigenvalue weighted by Crippen LogP contribution is -1.89. The average molecular weight is 160 g/mol. The molecule has 1 heteroatoms. The van der Waals surface area contributed by atoms with Crippen LogP contribution in [0.5, 0.6) is 0 Å². The second-order valence-corrected chi connectivity index (χ2v) is 2.49. The summed E-state index contributed by atoms with van der Waals surface area (Å²) in [7, 11) is 0. The van der Waals surface area contributed by atoms with Crippen molar-refractivity contribution in [1.29, 1.82) is 0 Å². The van der Waals surface area contributed by atoms with Crippen LogP contribution < -0.4 is 0 Å². The normalized spacial score (nSPS) is 9.00. The number of hydrogen-bond acceptors (Lipinski definition) is 1. The zero-order chi connectivity index (χ0) is 8.81. The highest BCUT2D eigenvalue weighted by atomic mass is 16.5. The molecule has 0 N–H and O–H groups in total. The number of rotatable bonds is 4. The van der Waals surface area contributed by atoms with E-state index in [1.54, 1.807) is 0 Å². The maximum Gasteiger partial charge on any atom is 0.100 e. The van der Waals surface area contributed by atoms with Gasteiger partial charge in [-0.15, -0.1) is 0 Å². The van der Waals surface area contributed by atoms with Gasteiger partial charge in [-0.3, -0.25) is 0 Å². The van der Waals surface area contributed by atoms with Gasteiger partial charge in [0, 0.05) is 6.42 Å². The Morgan fingerprint density at radius 2 is 2.00 bits per heavy atom. The third-order valence-electron chi connectivity index (χ3n) is 1.49. The first-order valence-electron chi connectivity index (χ1n) is 3.82. The van der Waals surface area contributed by atoms with Crippen molar-refractivity contribution in [3.05, 3.63) is 61.1 Å². The molecule has 62 valence electrons. The van der Waals surface area contributed by atoms with E-state index in [-0.39, 0.29) is 0 Å². The molecule has 0 aromatic heterocycles. The van der Waals surface area contributed by atoms with Crippen LogP contribution in [-0.4, -0.2) is 0 Å². The van der Waals surface area contributed by atoms with Crippen LogP contribution in [0.2, 0.25) is 0 Å². The Kier molecular flexibility index (Phi) is 3.15. The van der Waals surface area contributed by atoms with E-state index >= 15 is 0 Å². The Morgan fingerprint density at radius 1 is 1.33 bits per heavy atom. The summed E-state index contributed by atoms with van der Waals surface area (Å²) in [6.45, 7) is 7.21. The van der Waals surface area contributed by atoms with E-state index in [1.807, 2.05) is 30.3 Å². The zero-order valence-electron chi connectivity index (χ0n) is 6.99. The quantitative estimate of drug-likeness (QED) is 0.615. The fraction of sp³-hybridized carbons (Fsp3) is 0.0909. The number of benzene rings is 1. The molecule has 0 radical (unpaired) electrons. The van der Waals surface area contributed by atoms with Gasteiger partial charge in [0.2, 0.25) is 0 Å². The monoisotopic (exact) mass is 160 g/mol. The minimum absolute atomic E-state index is 0.719. The van der Waals surface area contributed by atoms with Crippen LogP contribution in [0.3, 0.4) is 0 Å². The predicted octanol–water partition coefficient (Wildman–Crippen LogP) is 2.90. The van der Waals surface area contributed by atoms with E-state index in [2.05, 4.69) is 13.2 Å². The van der Waals surface area contributed by atoms with Crippen LogP contribution in [0.25, 0.3) is 0 Å². The molecule has 0 atom stereocenters. The van der Waals surface area contributed by atoms with E-state index in [0.717, 1.165) is 12.2 Å². The molecule has 0 aliphatic rings. The van der Waals surface area contributed by atoms with Crippen LogP contribution in [0.15, 0.2) is 55.5 Å². The van der Waals surface area contributed by atoms with E-state index in [9.17, 15) is 0 Å². The van der Waals surface area contributed by atoms with Gasteiger partial charge in [-0.05, 0) is 5.56 Å². The molecule has 1 rings (SSSR count). The van der Waals surface area contributed by atoms with Crippen molar-refractivity contribution in [3.8, 4) is 0 Å². The molecule has 0 amide bonds. The summed E-state index contributed by atoms with van der Waals surface area (Å²) in [6.07, 6.45) is 2.14. The van der Waals surface area contributed by atoms with Crippen LogP contribution in [0.4, 0.5) is 0 Å². The molecule has 0 spiro atoms. The Hall–Kier alpha value is -1.50. The van der Waals surface area contributed by atoms with Crippen LogP contribution in [0, 0.1) is 0 Å². The number of allylic oxidation sites excluding steroid dienone is 1. The second-order valence-electron chi connectivity index (χ2n) is 2.49. The summed E-state index contributed by atoms with van der Waals surface area (Å²) in [5.41, 5.74) is 1.20. The SMILES string of the molecule is C=COC(=C)Cc1ccccc1. The maximum atomic E-state index is 5.02. The van der Waals surface area contributed by atoms with Gasteiger partial charge in [0.15, 0.2) is 0 Å². The molecule has 0 aliphatic heterocycles. The first-order chi connectivity index (χ1) is 5.83. The van der Waals surface area contributed by atoms with Gasteiger partial charge >= 0.3 is 0 Å². The fourth-order valence-electron chi connectivity index (χ4n) is 0.983. The first kappa shape index (κ1) is 8.60. The summed E-state index contributed by atoms with van der Waals surface area (Å²) in [5, 5.41) is 0. The largest absolute Gasteiger partial charge is 0.470 e. The third kappa shape index (κ3) is 2.62. The molecule has 0 bridgehead atoms. The van der Waals surface area contributed by atoms with Crippen LogP contribution >= 0.6 is 0 Å². The Morgan fingerprint density at radius 3 is 2.58 bits per heavy atom. The molecule has 1 aromatic carbocycles. The minimum Gasteiger partial charge on any atom is -0.470 e. The lowest BCUT2D eigenvalue weighted by Gasteiger charge is -2.03. The van der Waals surface area contributed by atoms with Gasteiger partial charge in [-0.2, -0.15) is 0 Å². The molecule has 0 heterocycles. The lowest BCUT2D eigenvalue weighted by atomic mass is 10.1. The van der Waals surface area contributed by atoms with Crippen molar-refractivity contribution in [3.63, 3.8) is 0 Å². The molecule has 1 aromatic rings. The number of ether oxygens (including phenoxy) is 1. The van der Waals surface area contributed by atoms with Gasteiger partial charge in [0.25, 0.3) is 0 Å². The van der Waals surface area contributed by atoms with Gasteiger partial charge < -0.3 is 4.74 Å². The maximum absolute atomic E-state index is 5.02. The van der Waals surface area contributed by atoms with Gasteiger partial charge in [0.1, 0.15) is 5.76 Å². The van der Waals surface area contributed by atoms with Crippen molar-refractivity contribution in [1.82, 2.24) is 0 Å². The van der Waals surface area contributed by atoms with E-state index in [0.29, 0.717) is 0 Å². The van der Waals surface area contributed by atoms with E-state index in [4.69, 9.17) is 4.74 Å². The molecule has 0 fully saturated rings. The summed E-state index contributed by atoms with van der Waals surface area (Å²) in [6, 6.07) is 10.1. The smallest absolute Gasteiger partial charge is 0.100 e. The highest BCUT2D eigenvalue weighted by Gasteiger charge is 1.94. The summed E-state index contributed by atoms with van der Waals surface area (Å²) in [4.78, 5) is 0. The Balaban J connectivity index is 2.52. The van der Waals surface area contributed by atoms with Crippen molar-refractivity contribution in [2.45, 2.75) is 6.42 Å². The van der Waals surface area contributed by atoms with Crippen LogP contribution in [-0.2, 0) is 11.2 Å². The van der Waals surface area contributed by atoms with E-state index in [1.165, 1.54) is 11.8 Å².